The molecule has 0 saturated carbocycles. The van der Waals surface area contributed by atoms with Crippen LogP contribution in [0.4, 0.5) is 0 Å². The van der Waals surface area contributed by atoms with Crippen LogP contribution < -0.4 is 5.73 Å². The minimum Gasteiger partial charge on any atom is -0.410 e. The summed E-state index contributed by atoms with van der Waals surface area (Å²) in [5.41, 5.74) is 4.73. The van der Waals surface area contributed by atoms with Crippen molar-refractivity contribution in [3.05, 3.63) is 0 Å². The number of rotatable bonds is 2. The van der Waals surface area contributed by atoms with Crippen LogP contribution in [0.5, 0.6) is 0 Å². The maximum atomic E-state index is 10.1. The Morgan fingerprint density at radius 3 is 2.38 bits per heavy atom. The van der Waals surface area contributed by atoms with E-state index in [-0.39, 0.29) is 5.71 Å². The highest BCUT2D eigenvalue weighted by molar-refractivity contribution is 6.37. The fourth-order valence-electron chi connectivity index (χ4n) is 0.294. The molecule has 4 heteroatoms. The summed E-state index contributed by atoms with van der Waals surface area (Å²) in [4.78, 5) is 10.1. The first-order valence-corrected chi connectivity index (χ1v) is 2.23. The molecule has 0 aliphatic rings. The highest BCUT2D eigenvalue weighted by atomic mass is 16.4. The van der Waals surface area contributed by atoms with Crippen LogP contribution in [0.15, 0.2) is 5.16 Å². The zero-order valence-electron chi connectivity index (χ0n) is 4.59. The molecule has 4 nitrogen and oxygen atoms in total. The molecule has 0 aromatic rings. The van der Waals surface area contributed by atoms with E-state index in [4.69, 9.17) is 10.9 Å². The Morgan fingerprint density at radius 2 is 2.38 bits per heavy atom. The van der Waals surface area contributed by atoms with Crippen LogP contribution in [0.2, 0.25) is 0 Å². The molecule has 0 bridgehead atoms. The summed E-state index contributed by atoms with van der Waals surface area (Å²) < 4.78 is 0. The number of carbonyl (C=O) groups excluding carboxylic acids is 1. The molecular formula is C4H8N2O2. The van der Waals surface area contributed by atoms with Gasteiger partial charge in [0.2, 0.25) is 0 Å². The van der Waals surface area contributed by atoms with E-state index in [2.05, 4.69) is 5.16 Å². The molecule has 0 rings (SSSR count). The van der Waals surface area contributed by atoms with Gasteiger partial charge >= 0.3 is 0 Å². The number of carbonyl (C=O) groups is 1. The first kappa shape index (κ1) is 6.94. The van der Waals surface area contributed by atoms with Crippen molar-refractivity contribution in [1.29, 1.82) is 0 Å². The Hall–Kier alpha value is -1.06. The summed E-state index contributed by atoms with van der Waals surface area (Å²) in [6, 6.07) is 0. The Balaban J connectivity index is 3.92. The normalized spacial score (nSPS) is 11.4. The predicted octanol–water partition coefficient (Wildman–Crippen LogP) is -0.288. The number of amides is 1. The quantitative estimate of drug-likeness (QED) is 0.295. The summed E-state index contributed by atoms with van der Waals surface area (Å²) >= 11 is 0. The van der Waals surface area contributed by atoms with Crippen LogP contribution >= 0.6 is 0 Å². The van der Waals surface area contributed by atoms with E-state index in [1.807, 2.05) is 0 Å². The third-order valence-corrected chi connectivity index (χ3v) is 0.740. The molecule has 0 saturated heterocycles. The lowest BCUT2D eigenvalue weighted by Crippen LogP contribution is -2.22. The van der Waals surface area contributed by atoms with E-state index in [0.717, 1.165) is 0 Å². The van der Waals surface area contributed by atoms with Crippen molar-refractivity contribution >= 4 is 11.6 Å². The fourth-order valence-corrected chi connectivity index (χ4v) is 0.294. The molecule has 0 fully saturated rings. The maximum absolute atomic E-state index is 10.1. The van der Waals surface area contributed by atoms with Crippen LogP contribution in [0.3, 0.4) is 0 Å². The number of hydrogen-bond acceptors (Lipinski definition) is 3. The van der Waals surface area contributed by atoms with Gasteiger partial charge in [0.1, 0.15) is 5.71 Å². The van der Waals surface area contributed by atoms with Gasteiger partial charge in [0.25, 0.3) is 5.91 Å². The van der Waals surface area contributed by atoms with Gasteiger partial charge in [-0.25, -0.2) is 0 Å². The third kappa shape index (κ3) is 1.59. The number of primary amides is 1. The zero-order chi connectivity index (χ0) is 6.57. The average Bonchev–Trinajstić information content (AvgIpc) is 1.69. The first-order valence-electron chi connectivity index (χ1n) is 2.23. The molecule has 0 aliphatic heterocycles. The highest BCUT2D eigenvalue weighted by Gasteiger charge is 2.01. The second-order valence-corrected chi connectivity index (χ2v) is 1.26. The summed E-state index contributed by atoms with van der Waals surface area (Å²) in [6.07, 6.45) is 0.367. The molecule has 1 amide bonds. The van der Waals surface area contributed by atoms with Gasteiger partial charge in [-0.05, 0) is 6.42 Å². The lowest BCUT2D eigenvalue weighted by Gasteiger charge is -1.89. The van der Waals surface area contributed by atoms with E-state index < -0.39 is 5.91 Å². The van der Waals surface area contributed by atoms with Gasteiger partial charge in [-0.15, -0.1) is 0 Å². The summed E-state index contributed by atoms with van der Waals surface area (Å²) in [5.74, 6) is -0.671. The molecule has 0 aromatic heterocycles. The van der Waals surface area contributed by atoms with Crippen molar-refractivity contribution in [2.24, 2.45) is 10.9 Å². The van der Waals surface area contributed by atoms with Crippen LogP contribution in [-0.2, 0) is 4.79 Å². The molecule has 0 aromatic carbocycles. The summed E-state index contributed by atoms with van der Waals surface area (Å²) in [6.45, 7) is 1.68. The van der Waals surface area contributed by atoms with Crippen LogP contribution in [0, 0.1) is 0 Å². The van der Waals surface area contributed by atoms with Crippen molar-refractivity contribution in [2.45, 2.75) is 13.3 Å². The van der Waals surface area contributed by atoms with Gasteiger partial charge in [-0.1, -0.05) is 12.1 Å². The number of nitrogens with two attached hydrogens (primary N) is 1. The molecule has 0 heterocycles. The Bertz CT molecular complexity index is 119. The molecule has 0 aliphatic carbocycles. The molecule has 0 radical (unpaired) electrons. The van der Waals surface area contributed by atoms with Gasteiger partial charge in [-0.2, -0.15) is 0 Å². The minimum absolute atomic E-state index is 0.00463. The lowest BCUT2D eigenvalue weighted by molar-refractivity contribution is -0.112. The van der Waals surface area contributed by atoms with E-state index >= 15 is 0 Å². The Morgan fingerprint density at radius 1 is 1.88 bits per heavy atom. The lowest BCUT2D eigenvalue weighted by atomic mass is 10.3. The Labute approximate surface area is 47.0 Å². The van der Waals surface area contributed by atoms with Gasteiger partial charge in [0.15, 0.2) is 0 Å². The number of nitrogens with zero attached hydrogens (tertiary/aromatic N) is 1. The topological polar surface area (TPSA) is 75.7 Å². The molecule has 0 unspecified atom stereocenters. The molecule has 8 heavy (non-hydrogen) atoms. The smallest absolute Gasteiger partial charge is 0.266 e. The standard InChI is InChI=1S/C4H8N2O2/c1-2-3(6-8)4(5)7/h8H,2H2,1H3,(H2,5,7)/b6-3-. The second kappa shape index (κ2) is 3.01. The van der Waals surface area contributed by atoms with Crippen molar-refractivity contribution in [2.75, 3.05) is 0 Å². The Kier molecular flexibility index (Phi) is 2.61. The fraction of sp³-hybridized carbons (Fsp3) is 0.500. The van der Waals surface area contributed by atoms with Crippen molar-refractivity contribution in [3.63, 3.8) is 0 Å². The van der Waals surface area contributed by atoms with Crippen molar-refractivity contribution in [1.82, 2.24) is 0 Å². The van der Waals surface area contributed by atoms with Gasteiger partial charge in [0.05, 0.1) is 0 Å². The molecule has 0 spiro atoms. The van der Waals surface area contributed by atoms with Crippen LogP contribution in [0.25, 0.3) is 0 Å². The zero-order valence-corrected chi connectivity index (χ0v) is 4.59. The van der Waals surface area contributed by atoms with Crippen molar-refractivity contribution in [3.8, 4) is 0 Å². The number of oxime groups is 1. The van der Waals surface area contributed by atoms with Gasteiger partial charge in [-0.3, -0.25) is 4.79 Å². The molecule has 46 valence electrons. The molecule has 3 N–H and O–H groups in total. The minimum atomic E-state index is -0.671. The average molecular weight is 116 g/mol. The van der Waals surface area contributed by atoms with E-state index in [1.165, 1.54) is 0 Å². The van der Waals surface area contributed by atoms with Crippen LogP contribution in [-0.4, -0.2) is 16.8 Å². The second-order valence-electron chi connectivity index (χ2n) is 1.26. The SMILES string of the molecule is CC/C(=N/O)C(N)=O. The molecule has 0 atom stereocenters. The van der Waals surface area contributed by atoms with Gasteiger partial charge in [0, 0.05) is 0 Å². The van der Waals surface area contributed by atoms with Crippen molar-refractivity contribution < 1.29 is 10.0 Å². The van der Waals surface area contributed by atoms with E-state index in [1.54, 1.807) is 6.92 Å². The van der Waals surface area contributed by atoms with Gasteiger partial charge < -0.3 is 10.9 Å². The predicted molar refractivity (Wildman–Crippen MR) is 28.7 cm³/mol. The highest BCUT2D eigenvalue weighted by Crippen LogP contribution is 1.80. The monoisotopic (exact) mass is 116 g/mol. The maximum Gasteiger partial charge on any atom is 0.266 e. The largest absolute Gasteiger partial charge is 0.410 e. The third-order valence-electron chi connectivity index (χ3n) is 0.740. The van der Waals surface area contributed by atoms with E-state index in [0.29, 0.717) is 6.42 Å². The number of hydrogen-bond donors (Lipinski definition) is 2. The summed E-state index contributed by atoms with van der Waals surface area (Å²) in [5, 5.41) is 10.6. The summed E-state index contributed by atoms with van der Waals surface area (Å²) in [7, 11) is 0. The van der Waals surface area contributed by atoms with Crippen LogP contribution in [0.1, 0.15) is 13.3 Å². The first-order chi connectivity index (χ1) is 3.72. The molecular weight excluding hydrogens is 108 g/mol. The van der Waals surface area contributed by atoms with E-state index in [9.17, 15) is 4.79 Å².